The number of aliphatic hydroxyl groups is 1. The normalized spacial score (nSPS) is 20.3. The molecule has 1 spiro atoms. The summed E-state index contributed by atoms with van der Waals surface area (Å²) in [5.74, 6) is -1.76. The van der Waals surface area contributed by atoms with Gasteiger partial charge in [0.25, 0.3) is 11.8 Å². The molecule has 0 unspecified atom stereocenters. The van der Waals surface area contributed by atoms with Crippen molar-refractivity contribution in [1.29, 1.82) is 0 Å². The number of amides is 1. The lowest BCUT2D eigenvalue weighted by Crippen LogP contribution is -2.39. The highest BCUT2D eigenvalue weighted by molar-refractivity contribution is 8.00. The van der Waals surface area contributed by atoms with Gasteiger partial charge in [0, 0.05) is 62.2 Å². The quantitative estimate of drug-likeness (QED) is 0.336. The third kappa shape index (κ3) is 5.86. The van der Waals surface area contributed by atoms with Gasteiger partial charge in [0.2, 0.25) is 0 Å². The van der Waals surface area contributed by atoms with Crippen molar-refractivity contribution in [2.45, 2.75) is 44.4 Å². The van der Waals surface area contributed by atoms with Crippen molar-refractivity contribution in [3.8, 4) is 0 Å². The maximum absolute atomic E-state index is 13.6. The predicted octanol–water partition coefficient (Wildman–Crippen LogP) is 5.00. The first kappa shape index (κ1) is 25.1. The van der Waals surface area contributed by atoms with E-state index in [1.807, 2.05) is 17.0 Å². The molecule has 2 aromatic rings. The molecular formula is C26H33F2N5O2S. The lowest BCUT2D eigenvalue weighted by Gasteiger charge is -2.35. The summed E-state index contributed by atoms with van der Waals surface area (Å²) in [6, 6.07) is 9.21. The number of carbonyl (C=O) groups excluding carboxylic acids is 1. The second kappa shape index (κ2) is 10.4. The Bertz CT molecular complexity index is 1080. The average Bonchev–Trinajstić information content (AvgIpc) is 3.64. The van der Waals surface area contributed by atoms with Gasteiger partial charge >= 0.3 is 0 Å². The number of benzene rings is 1. The van der Waals surface area contributed by atoms with E-state index < -0.39 is 5.92 Å². The molecule has 3 heterocycles. The van der Waals surface area contributed by atoms with Crippen LogP contribution in [0.4, 0.5) is 31.7 Å². The first-order valence-electron chi connectivity index (χ1n) is 12.6. The molecule has 3 aliphatic rings. The molecule has 0 bridgehead atoms. The number of pyridine rings is 1. The number of piperidine rings is 2. The monoisotopic (exact) mass is 517 g/mol. The number of alkyl halides is 2. The van der Waals surface area contributed by atoms with Gasteiger partial charge < -0.3 is 24.9 Å². The fourth-order valence-corrected chi connectivity index (χ4v) is 5.52. The molecule has 1 aromatic carbocycles. The van der Waals surface area contributed by atoms with Crippen LogP contribution >= 0.6 is 11.9 Å². The highest BCUT2D eigenvalue weighted by Crippen LogP contribution is 2.54. The van der Waals surface area contributed by atoms with Crippen LogP contribution in [-0.4, -0.2) is 60.5 Å². The van der Waals surface area contributed by atoms with Gasteiger partial charge in [0.15, 0.2) is 0 Å². The molecule has 1 amide bonds. The zero-order valence-electron chi connectivity index (χ0n) is 20.3. The minimum absolute atomic E-state index is 0.0979. The number of aromatic nitrogens is 1. The molecule has 3 fully saturated rings. The van der Waals surface area contributed by atoms with Gasteiger partial charge in [-0.2, -0.15) is 0 Å². The molecule has 0 atom stereocenters. The standard InChI is InChI=1S/C26H33F2N5O2S/c27-26(28)8-13-33(14-9-26)23-17-19(3-10-29-23)24(35)30-21-2-1-20(31-36-16-15-34)18-22(21)32-11-6-25(4-5-25)7-12-32/h1-3,10,17-18,31,34H,4-9,11-16H2,(H,30,35). The van der Waals surface area contributed by atoms with Crippen LogP contribution in [0.2, 0.25) is 0 Å². The van der Waals surface area contributed by atoms with Crippen molar-refractivity contribution in [2.24, 2.45) is 5.41 Å². The van der Waals surface area contributed by atoms with Crippen molar-refractivity contribution in [1.82, 2.24) is 4.98 Å². The SMILES string of the molecule is O=C(Nc1ccc(NSCCO)cc1N1CCC2(CC1)CC2)c1ccnc(N2CCC(F)(F)CC2)c1. The molecular weight excluding hydrogens is 484 g/mol. The van der Waals surface area contributed by atoms with E-state index >= 15 is 0 Å². The second-order valence-electron chi connectivity index (χ2n) is 10.1. The summed E-state index contributed by atoms with van der Waals surface area (Å²) >= 11 is 1.44. The fourth-order valence-electron chi connectivity index (χ4n) is 5.03. The van der Waals surface area contributed by atoms with Crippen LogP contribution in [0.1, 0.15) is 48.9 Å². The lowest BCUT2D eigenvalue weighted by molar-refractivity contribution is -0.0221. The fraction of sp³-hybridized carbons (Fsp3) is 0.538. The summed E-state index contributed by atoms with van der Waals surface area (Å²) in [6.07, 6.45) is 6.12. The minimum Gasteiger partial charge on any atom is -0.395 e. The van der Waals surface area contributed by atoms with Crippen LogP contribution in [0.3, 0.4) is 0 Å². The van der Waals surface area contributed by atoms with Crippen LogP contribution < -0.4 is 19.8 Å². The molecule has 3 N–H and O–H groups in total. The van der Waals surface area contributed by atoms with Crippen molar-refractivity contribution < 1.29 is 18.7 Å². The molecule has 36 heavy (non-hydrogen) atoms. The summed E-state index contributed by atoms with van der Waals surface area (Å²) in [6.45, 7) is 2.44. The van der Waals surface area contributed by atoms with E-state index in [0.717, 1.165) is 30.2 Å². The Balaban J connectivity index is 1.32. The van der Waals surface area contributed by atoms with Gasteiger partial charge in [-0.1, -0.05) is 11.9 Å². The molecule has 7 nitrogen and oxygen atoms in total. The third-order valence-corrected chi connectivity index (χ3v) is 8.34. The van der Waals surface area contributed by atoms with E-state index in [1.165, 1.54) is 37.6 Å². The number of nitrogens with one attached hydrogen (secondary N) is 2. The molecule has 194 valence electrons. The van der Waals surface area contributed by atoms with E-state index in [2.05, 4.69) is 26.0 Å². The molecule has 2 aliphatic heterocycles. The summed E-state index contributed by atoms with van der Waals surface area (Å²) in [4.78, 5) is 21.7. The molecule has 0 radical (unpaired) electrons. The Labute approximate surface area is 214 Å². The summed E-state index contributed by atoms with van der Waals surface area (Å²) < 4.78 is 30.4. The molecule has 5 rings (SSSR count). The minimum atomic E-state index is -2.63. The first-order valence-corrected chi connectivity index (χ1v) is 13.6. The van der Waals surface area contributed by atoms with E-state index in [0.29, 0.717) is 22.5 Å². The zero-order valence-corrected chi connectivity index (χ0v) is 21.1. The molecule has 1 saturated carbocycles. The summed E-state index contributed by atoms with van der Waals surface area (Å²) in [5, 5.41) is 12.2. The largest absolute Gasteiger partial charge is 0.395 e. The number of hydrogen-bond acceptors (Lipinski definition) is 7. The number of hydrogen-bond donors (Lipinski definition) is 3. The Hall–Kier alpha value is -2.59. The number of anilines is 4. The number of rotatable bonds is 8. The smallest absolute Gasteiger partial charge is 0.255 e. The van der Waals surface area contributed by atoms with Crippen molar-refractivity contribution >= 4 is 40.7 Å². The predicted molar refractivity (Wildman–Crippen MR) is 141 cm³/mol. The Morgan fingerprint density at radius 3 is 2.42 bits per heavy atom. The van der Waals surface area contributed by atoms with Gasteiger partial charge in [-0.05, 0) is 61.4 Å². The topological polar surface area (TPSA) is 80.7 Å². The third-order valence-electron chi connectivity index (χ3n) is 7.58. The van der Waals surface area contributed by atoms with Crippen molar-refractivity contribution in [2.75, 3.05) is 58.4 Å². The first-order chi connectivity index (χ1) is 17.4. The number of halogens is 2. The molecule has 10 heteroatoms. The maximum atomic E-state index is 13.6. The highest BCUT2D eigenvalue weighted by atomic mass is 32.2. The van der Waals surface area contributed by atoms with Crippen LogP contribution in [0, 0.1) is 5.41 Å². The second-order valence-corrected chi connectivity index (χ2v) is 11.0. The summed E-state index contributed by atoms with van der Waals surface area (Å²) in [5.41, 5.74) is 3.61. The maximum Gasteiger partial charge on any atom is 0.255 e. The van der Waals surface area contributed by atoms with Gasteiger partial charge in [-0.3, -0.25) is 4.79 Å². The van der Waals surface area contributed by atoms with Crippen LogP contribution in [0.5, 0.6) is 0 Å². The van der Waals surface area contributed by atoms with Crippen LogP contribution in [-0.2, 0) is 0 Å². The average molecular weight is 518 g/mol. The molecule has 2 saturated heterocycles. The zero-order chi connectivity index (χ0) is 25.2. The highest BCUT2D eigenvalue weighted by Gasteiger charge is 2.44. The van der Waals surface area contributed by atoms with Gasteiger partial charge in [-0.25, -0.2) is 13.8 Å². The van der Waals surface area contributed by atoms with Gasteiger partial charge in [0.1, 0.15) is 5.82 Å². The summed E-state index contributed by atoms with van der Waals surface area (Å²) in [7, 11) is 0. The van der Waals surface area contributed by atoms with E-state index in [-0.39, 0.29) is 38.4 Å². The van der Waals surface area contributed by atoms with Crippen LogP contribution in [0.15, 0.2) is 36.5 Å². The number of nitrogens with zero attached hydrogens (tertiary/aromatic N) is 3. The van der Waals surface area contributed by atoms with Gasteiger partial charge in [0.05, 0.1) is 18.0 Å². The van der Waals surface area contributed by atoms with Crippen molar-refractivity contribution in [3.05, 3.63) is 42.1 Å². The van der Waals surface area contributed by atoms with Crippen molar-refractivity contribution in [3.63, 3.8) is 0 Å². The molecule has 1 aromatic heterocycles. The van der Waals surface area contributed by atoms with Gasteiger partial charge in [-0.15, -0.1) is 0 Å². The molecule has 1 aliphatic carbocycles. The lowest BCUT2D eigenvalue weighted by atomic mass is 9.93. The Morgan fingerprint density at radius 1 is 1.00 bits per heavy atom. The van der Waals surface area contributed by atoms with E-state index in [1.54, 1.807) is 18.3 Å². The number of aliphatic hydroxyl groups excluding tert-OH is 1. The van der Waals surface area contributed by atoms with Crippen LogP contribution in [0.25, 0.3) is 0 Å². The van der Waals surface area contributed by atoms with E-state index in [4.69, 9.17) is 5.11 Å². The Kier molecular flexibility index (Phi) is 7.25. The Morgan fingerprint density at radius 2 is 1.72 bits per heavy atom. The van der Waals surface area contributed by atoms with E-state index in [9.17, 15) is 13.6 Å². The number of carbonyl (C=O) groups is 1.